The van der Waals surface area contributed by atoms with Gasteiger partial charge >= 0.3 is 0 Å². The quantitative estimate of drug-likeness (QED) is 0.586. The molecule has 4 nitrogen and oxygen atoms in total. The highest BCUT2D eigenvalue weighted by molar-refractivity contribution is 7.76. The summed E-state index contributed by atoms with van der Waals surface area (Å²) in [6, 6.07) is 11.2. The van der Waals surface area contributed by atoms with Gasteiger partial charge in [-0.25, -0.2) is 0 Å². The lowest BCUT2D eigenvalue weighted by atomic mass is 10.2. The Hall–Kier alpha value is -1.22. The van der Waals surface area contributed by atoms with E-state index in [1.807, 2.05) is 24.3 Å². The normalized spacial score (nSPS) is 10.4. The fourth-order valence-corrected chi connectivity index (χ4v) is 0.513. The summed E-state index contributed by atoms with van der Waals surface area (Å²) in [5.41, 5.74) is 0.715. The molecule has 0 fully saturated rings. The lowest BCUT2D eigenvalue weighted by Gasteiger charge is -1.85. The van der Waals surface area contributed by atoms with Crippen LogP contribution < -0.4 is 5.14 Å². The molecule has 0 aliphatic carbocycles. The molecule has 0 heterocycles. The van der Waals surface area contributed by atoms with E-state index in [9.17, 15) is 0 Å². The Balaban J connectivity index is 0.000000261. The molecule has 0 bridgehead atoms. The van der Waals surface area contributed by atoms with Crippen LogP contribution in [0.4, 0.5) is 0 Å². The minimum absolute atomic E-state index is 0.715. The highest BCUT2D eigenvalue weighted by atomic mass is 32.2. The minimum atomic E-state index is -2.36. The van der Waals surface area contributed by atoms with Crippen LogP contribution in [0, 0.1) is 11.3 Å². The lowest BCUT2D eigenvalue weighted by molar-refractivity contribution is 0.539. The molecule has 0 spiro atoms. The monoisotopic (exact) mass is 183 g/mol. The smallest absolute Gasteiger partial charge is 0.0991 e. The zero-order valence-electron chi connectivity index (χ0n) is 6.14. The topological polar surface area (TPSA) is 89.9 Å². The summed E-state index contributed by atoms with van der Waals surface area (Å²) in [5, 5.41) is 12.3. The molecule has 0 saturated heterocycles. The van der Waals surface area contributed by atoms with Gasteiger partial charge in [-0.1, -0.05) is 18.2 Å². The molecular formula is C7H7N2O2S-. The third kappa shape index (κ3) is 6.89. The van der Waals surface area contributed by atoms with Gasteiger partial charge in [-0.2, -0.15) is 5.26 Å². The molecule has 1 unspecified atom stereocenters. The van der Waals surface area contributed by atoms with Gasteiger partial charge < -0.3 is 4.55 Å². The van der Waals surface area contributed by atoms with E-state index in [-0.39, 0.29) is 0 Å². The molecule has 1 rings (SSSR count). The largest absolute Gasteiger partial charge is 0.760 e. The highest BCUT2D eigenvalue weighted by Gasteiger charge is 1.79. The molecule has 64 valence electrons. The van der Waals surface area contributed by atoms with Gasteiger partial charge in [0.2, 0.25) is 0 Å². The fraction of sp³-hybridized carbons (Fsp3) is 0. The van der Waals surface area contributed by atoms with Crippen LogP contribution in [0.1, 0.15) is 5.56 Å². The summed E-state index contributed by atoms with van der Waals surface area (Å²) in [5.74, 6) is 0. The first kappa shape index (κ1) is 10.8. The molecule has 0 aliphatic heterocycles. The maximum atomic E-state index is 8.78. The first-order valence-electron chi connectivity index (χ1n) is 2.95. The van der Waals surface area contributed by atoms with Gasteiger partial charge in [0.15, 0.2) is 0 Å². The van der Waals surface area contributed by atoms with Gasteiger partial charge in [0.25, 0.3) is 0 Å². The fourth-order valence-electron chi connectivity index (χ4n) is 0.513. The molecule has 2 N–H and O–H groups in total. The number of benzene rings is 1. The Morgan fingerprint density at radius 2 is 1.83 bits per heavy atom. The van der Waals surface area contributed by atoms with Crippen molar-refractivity contribution in [2.45, 2.75) is 0 Å². The summed E-state index contributed by atoms with van der Waals surface area (Å²) < 4.78 is 17.6. The van der Waals surface area contributed by atoms with Crippen LogP contribution >= 0.6 is 0 Å². The zero-order valence-corrected chi connectivity index (χ0v) is 6.95. The van der Waals surface area contributed by atoms with Crippen LogP contribution in [-0.2, 0) is 11.3 Å². The lowest BCUT2D eigenvalue weighted by Crippen LogP contribution is -1.97. The minimum Gasteiger partial charge on any atom is -0.760 e. The Morgan fingerprint density at radius 1 is 1.42 bits per heavy atom. The van der Waals surface area contributed by atoms with Crippen molar-refractivity contribution in [2.24, 2.45) is 5.14 Å². The van der Waals surface area contributed by atoms with E-state index in [2.05, 4.69) is 5.14 Å². The van der Waals surface area contributed by atoms with Crippen molar-refractivity contribution in [1.82, 2.24) is 0 Å². The number of nitrogens with two attached hydrogens (primary N) is 1. The van der Waals surface area contributed by atoms with Crippen LogP contribution in [-0.4, -0.2) is 8.76 Å². The molecule has 12 heavy (non-hydrogen) atoms. The first-order valence-corrected chi connectivity index (χ1v) is 4.09. The Kier molecular flexibility index (Phi) is 5.83. The van der Waals surface area contributed by atoms with Crippen LogP contribution in [0.15, 0.2) is 30.3 Å². The highest BCUT2D eigenvalue weighted by Crippen LogP contribution is 1.92. The molecule has 1 atom stereocenters. The average molecular weight is 183 g/mol. The maximum Gasteiger partial charge on any atom is 0.0991 e. The molecule has 0 aromatic heterocycles. The molecule has 0 aliphatic rings. The van der Waals surface area contributed by atoms with Crippen LogP contribution in [0.2, 0.25) is 0 Å². The molecule has 1 aromatic rings. The van der Waals surface area contributed by atoms with Gasteiger partial charge in [0, 0.05) is 11.3 Å². The van der Waals surface area contributed by atoms with E-state index >= 15 is 0 Å². The summed E-state index contributed by atoms with van der Waals surface area (Å²) >= 11 is -2.36. The van der Waals surface area contributed by atoms with E-state index < -0.39 is 11.3 Å². The van der Waals surface area contributed by atoms with Crippen molar-refractivity contribution in [3.8, 4) is 6.07 Å². The SMILES string of the molecule is N#Cc1ccccc1.NS(=O)[O-]. The van der Waals surface area contributed by atoms with Crippen molar-refractivity contribution >= 4 is 11.3 Å². The summed E-state index contributed by atoms with van der Waals surface area (Å²) in [7, 11) is 0. The molecule has 0 amide bonds. The number of hydrogen-bond acceptors (Lipinski definition) is 3. The summed E-state index contributed by atoms with van der Waals surface area (Å²) in [6.45, 7) is 0. The summed E-state index contributed by atoms with van der Waals surface area (Å²) in [4.78, 5) is 0. The van der Waals surface area contributed by atoms with E-state index in [1.54, 1.807) is 12.1 Å². The standard InChI is InChI=1S/C7H5N.H3NO2S/c8-6-7-4-2-1-3-5-7;1-4(2)3/h1-5H;1H2,(H,2,3)/p-1. The molecular weight excluding hydrogens is 176 g/mol. The van der Waals surface area contributed by atoms with Crippen LogP contribution in [0.5, 0.6) is 0 Å². The number of nitrogens with zero attached hydrogens (tertiary/aromatic N) is 1. The Morgan fingerprint density at radius 3 is 2.08 bits per heavy atom. The van der Waals surface area contributed by atoms with Gasteiger partial charge in [-0.3, -0.25) is 9.35 Å². The van der Waals surface area contributed by atoms with Crippen molar-refractivity contribution in [3.63, 3.8) is 0 Å². The van der Waals surface area contributed by atoms with Crippen LogP contribution in [0.25, 0.3) is 0 Å². The maximum absolute atomic E-state index is 8.78. The predicted octanol–water partition coefficient (Wildman–Crippen LogP) is 0.297. The third-order valence-corrected chi connectivity index (χ3v) is 0.903. The Labute approximate surface area is 73.0 Å². The van der Waals surface area contributed by atoms with Crippen LogP contribution in [0.3, 0.4) is 0 Å². The second kappa shape index (κ2) is 6.49. The zero-order chi connectivity index (χ0) is 9.40. The van der Waals surface area contributed by atoms with Crippen molar-refractivity contribution < 1.29 is 8.76 Å². The van der Waals surface area contributed by atoms with Gasteiger partial charge in [-0.05, 0) is 12.1 Å². The van der Waals surface area contributed by atoms with Gasteiger partial charge in [0.05, 0.1) is 11.6 Å². The summed E-state index contributed by atoms with van der Waals surface area (Å²) in [6.07, 6.45) is 0. The van der Waals surface area contributed by atoms with Gasteiger partial charge in [0.1, 0.15) is 0 Å². The first-order chi connectivity index (χ1) is 5.66. The van der Waals surface area contributed by atoms with Gasteiger partial charge in [-0.15, -0.1) is 0 Å². The van der Waals surface area contributed by atoms with E-state index in [1.165, 1.54) is 0 Å². The second-order valence-electron chi connectivity index (χ2n) is 1.74. The van der Waals surface area contributed by atoms with Crippen molar-refractivity contribution in [3.05, 3.63) is 35.9 Å². The average Bonchev–Trinajstić information content (AvgIpc) is 2.05. The number of hydrogen-bond donors (Lipinski definition) is 1. The number of nitriles is 1. The Bertz CT molecular complexity index is 277. The second-order valence-corrected chi connectivity index (χ2v) is 2.26. The van der Waals surface area contributed by atoms with Crippen molar-refractivity contribution in [1.29, 1.82) is 5.26 Å². The van der Waals surface area contributed by atoms with E-state index in [0.717, 1.165) is 0 Å². The molecule has 0 radical (unpaired) electrons. The van der Waals surface area contributed by atoms with Crippen molar-refractivity contribution in [2.75, 3.05) is 0 Å². The van der Waals surface area contributed by atoms with E-state index in [0.29, 0.717) is 5.56 Å². The van der Waals surface area contributed by atoms with E-state index in [4.69, 9.17) is 14.0 Å². The number of rotatable bonds is 0. The molecule has 0 saturated carbocycles. The molecule has 1 aromatic carbocycles. The predicted molar refractivity (Wildman–Crippen MR) is 44.3 cm³/mol. The molecule has 5 heteroatoms. The third-order valence-electron chi connectivity index (χ3n) is 0.903.